The Hall–Kier alpha value is -1.91. The van der Waals surface area contributed by atoms with Gasteiger partial charge in [0, 0.05) is 19.2 Å². The second kappa shape index (κ2) is 5.05. The summed E-state index contributed by atoms with van der Waals surface area (Å²) in [5, 5.41) is 2.94. The fraction of sp³-hybridized carbons (Fsp3) is 0.600. The number of pyridine rings is 1. The second-order valence-electron chi connectivity index (χ2n) is 9.47. The van der Waals surface area contributed by atoms with Crippen LogP contribution in [0.5, 0.6) is 0 Å². The molecular formula is C20H26FN3O. The van der Waals surface area contributed by atoms with Crippen molar-refractivity contribution in [1.82, 2.24) is 9.55 Å². The van der Waals surface area contributed by atoms with Gasteiger partial charge in [0.2, 0.25) is 5.91 Å². The molecule has 134 valence electrons. The molecule has 25 heavy (non-hydrogen) atoms. The van der Waals surface area contributed by atoms with Crippen molar-refractivity contribution in [3.8, 4) is 0 Å². The molecule has 5 rings (SSSR count). The molecule has 3 saturated carbocycles. The topological polar surface area (TPSA) is 46.9 Å². The zero-order valence-corrected chi connectivity index (χ0v) is 15.4. The Bertz CT molecular complexity index is 842. The molecule has 1 amide bonds. The van der Waals surface area contributed by atoms with E-state index < -0.39 is 5.67 Å². The molecule has 3 aliphatic carbocycles. The monoisotopic (exact) mass is 343 g/mol. The Balaban J connectivity index is 1.54. The number of aromatic nitrogens is 2. The van der Waals surface area contributed by atoms with Crippen molar-refractivity contribution in [3.05, 3.63) is 23.9 Å². The van der Waals surface area contributed by atoms with Crippen molar-refractivity contribution in [2.45, 2.75) is 65.6 Å². The molecule has 2 aromatic heterocycles. The van der Waals surface area contributed by atoms with Gasteiger partial charge in [0.25, 0.3) is 0 Å². The maximum Gasteiger partial charge on any atom is 0.226 e. The van der Waals surface area contributed by atoms with Crippen molar-refractivity contribution >= 4 is 22.8 Å². The Morgan fingerprint density at radius 1 is 1.36 bits per heavy atom. The van der Waals surface area contributed by atoms with E-state index in [1.165, 1.54) is 0 Å². The van der Waals surface area contributed by atoms with Gasteiger partial charge in [-0.1, -0.05) is 20.8 Å². The standard InChI is InChI=1S/C20H26FN3O/c1-13-7-15-14(22-17(13)23-16(25)8-18(2,3)4)5-6-24(15)12-19-9-20(21,10-19)11-19/h5-7H,8-12H2,1-4H3,(H,22,23,25). The minimum atomic E-state index is -0.859. The van der Waals surface area contributed by atoms with Gasteiger partial charge in [-0.25, -0.2) is 9.37 Å². The minimum Gasteiger partial charge on any atom is -0.346 e. The molecule has 0 aromatic carbocycles. The average Bonchev–Trinajstić information content (AvgIpc) is 2.76. The number of nitrogens with one attached hydrogen (secondary N) is 1. The Kier molecular flexibility index (Phi) is 3.35. The summed E-state index contributed by atoms with van der Waals surface area (Å²) >= 11 is 0. The van der Waals surface area contributed by atoms with Gasteiger partial charge in [-0.3, -0.25) is 4.79 Å². The summed E-state index contributed by atoms with van der Waals surface area (Å²) in [6.45, 7) is 8.96. The van der Waals surface area contributed by atoms with E-state index >= 15 is 0 Å². The quantitative estimate of drug-likeness (QED) is 0.881. The van der Waals surface area contributed by atoms with Gasteiger partial charge in [0.15, 0.2) is 0 Å². The molecule has 2 heterocycles. The Morgan fingerprint density at radius 3 is 2.64 bits per heavy atom. The second-order valence-corrected chi connectivity index (χ2v) is 9.47. The first-order chi connectivity index (χ1) is 11.6. The van der Waals surface area contributed by atoms with E-state index in [9.17, 15) is 9.18 Å². The van der Waals surface area contributed by atoms with Crippen LogP contribution in [0.1, 0.15) is 52.0 Å². The first-order valence-electron chi connectivity index (χ1n) is 9.02. The molecule has 0 saturated heterocycles. The maximum atomic E-state index is 13.8. The molecule has 5 heteroatoms. The molecule has 2 aromatic rings. The summed E-state index contributed by atoms with van der Waals surface area (Å²) in [4.78, 5) is 16.8. The molecular weight excluding hydrogens is 317 g/mol. The number of carbonyl (C=O) groups excluding carboxylic acids is 1. The fourth-order valence-electron chi connectivity index (χ4n) is 4.52. The Morgan fingerprint density at radius 2 is 2.04 bits per heavy atom. The van der Waals surface area contributed by atoms with E-state index in [1.807, 2.05) is 40.0 Å². The molecule has 2 bridgehead atoms. The number of fused-ring (bicyclic) bond motifs is 1. The summed E-state index contributed by atoms with van der Waals surface area (Å²) < 4.78 is 15.9. The number of nitrogens with zero attached hydrogens (tertiary/aromatic N) is 2. The van der Waals surface area contributed by atoms with Crippen LogP contribution in [0.15, 0.2) is 18.3 Å². The molecule has 0 aliphatic heterocycles. The molecule has 0 spiro atoms. The summed E-state index contributed by atoms with van der Waals surface area (Å²) in [6, 6.07) is 4.05. The minimum absolute atomic E-state index is 0.0102. The van der Waals surface area contributed by atoms with Crippen LogP contribution < -0.4 is 5.32 Å². The van der Waals surface area contributed by atoms with Crippen LogP contribution in [0.2, 0.25) is 0 Å². The fourth-order valence-corrected chi connectivity index (χ4v) is 4.52. The summed E-state index contributed by atoms with van der Waals surface area (Å²) in [6.07, 6.45) is 4.59. The molecule has 3 aliphatic rings. The predicted octanol–water partition coefficient (Wildman–Crippen LogP) is 4.61. The molecule has 0 atom stereocenters. The number of aryl methyl sites for hydroxylation is 1. The van der Waals surface area contributed by atoms with Gasteiger partial charge in [-0.05, 0) is 54.7 Å². The largest absolute Gasteiger partial charge is 0.346 e. The summed E-state index contributed by atoms with van der Waals surface area (Å²) in [5.74, 6) is 0.622. The number of hydrogen-bond donors (Lipinski definition) is 1. The van der Waals surface area contributed by atoms with Gasteiger partial charge in [0.1, 0.15) is 11.5 Å². The van der Waals surface area contributed by atoms with Crippen molar-refractivity contribution in [1.29, 1.82) is 0 Å². The van der Waals surface area contributed by atoms with Crippen LogP contribution in [-0.2, 0) is 11.3 Å². The van der Waals surface area contributed by atoms with E-state index in [4.69, 9.17) is 0 Å². The molecule has 0 unspecified atom stereocenters. The van der Waals surface area contributed by atoms with E-state index in [-0.39, 0.29) is 16.7 Å². The van der Waals surface area contributed by atoms with E-state index in [2.05, 4.69) is 20.9 Å². The van der Waals surface area contributed by atoms with E-state index in [0.717, 1.165) is 23.1 Å². The van der Waals surface area contributed by atoms with Gasteiger partial charge in [-0.2, -0.15) is 0 Å². The number of rotatable bonds is 4. The lowest BCUT2D eigenvalue weighted by molar-refractivity contribution is -0.219. The lowest BCUT2D eigenvalue weighted by atomic mass is 9.42. The smallest absolute Gasteiger partial charge is 0.226 e. The zero-order valence-electron chi connectivity index (χ0n) is 15.4. The van der Waals surface area contributed by atoms with Crippen LogP contribution >= 0.6 is 0 Å². The zero-order chi connectivity index (χ0) is 18.0. The molecule has 0 radical (unpaired) electrons. The van der Waals surface area contributed by atoms with Crippen LogP contribution in [0.25, 0.3) is 11.0 Å². The van der Waals surface area contributed by atoms with Crippen LogP contribution in [-0.4, -0.2) is 21.1 Å². The third-order valence-electron chi connectivity index (χ3n) is 5.47. The van der Waals surface area contributed by atoms with Crippen molar-refractivity contribution in [2.75, 3.05) is 5.32 Å². The summed E-state index contributed by atoms with van der Waals surface area (Å²) in [5.41, 5.74) is 2.13. The lowest BCUT2D eigenvalue weighted by Gasteiger charge is -2.66. The highest BCUT2D eigenvalue weighted by Gasteiger charge is 2.68. The highest BCUT2D eigenvalue weighted by Crippen LogP contribution is 2.70. The molecule has 4 nitrogen and oxygen atoms in total. The van der Waals surface area contributed by atoms with Crippen molar-refractivity contribution in [2.24, 2.45) is 10.8 Å². The number of halogens is 1. The highest BCUT2D eigenvalue weighted by molar-refractivity contribution is 5.92. The number of hydrogen-bond acceptors (Lipinski definition) is 2. The van der Waals surface area contributed by atoms with Gasteiger partial charge in [-0.15, -0.1) is 0 Å². The first-order valence-corrected chi connectivity index (χ1v) is 9.02. The van der Waals surface area contributed by atoms with E-state index in [1.54, 1.807) is 0 Å². The SMILES string of the molecule is Cc1cc2c(ccn2CC23CC(F)(C2)C3)nc1NC(=O)CC(C)(C)C. The number of amides is 1. The van der Waals surface area contributed by atoms with E-state index in [0.29, 0.717) is 31.5 Å². The number of alkyl halides is 1. The van der Waals surface area contributed by atoms with Crippen molar-refractivity contribution in [3.63, 3.8) is 0 Å². The molecule has 1 N–H and O–H groups in total. The first kappa shape index (κ1) is 16.6. The van der Waals surface area contributed by atoms with Crippen molar-refractivity contribution < 1.29 is 9.18 Å². The van der Waals surface area contributed by atoms with Gasteiger partial charge >= 0.3 is 0 Å². The third kappa shape index (κ3) is 2.94. The van der Waals surface area contributed by atoms with Crippen LogP contribution in [0.4, 0.5) is 10.2 Å². The molecule has 3 fully saturated rings. The average molecular weight is 343 g/mol. The normalized spacial score (nSPS) is 27.7. The number of anilines is 1. The maximum absolute atomic E-state index is 13.8. The highest BCUT2D eigenvalue weighted by atomic mass is 19.1. The van der Waals surface area contributed by atoms with Gasteiger partial charge in [0.05, 0.1) is 11.0 Å². The third-order valence-corrected chi connectivity index (χ3v) is 5.47. The summed E-state index contributed by atoms with van der Waals surface area (Å²) in [7, 11) is 0. The Labute approximate surface area is 147 Å². The van der Waals surface area contributed by atoms with Crippen LogP contribution in [0.3, 0.4) is 0 Å². The van der Waals surface area contributed by atoms with Crippen LogP contribution in [0, 0.1) is 17.8 Å². The van der Waals surface area contributed by atoms with Gasteiger partial charge < -0.3 is 9.88 Å². The lowest BCUT2D eigenvalue weighted by Crippen LogP contribution is -2.65. The number of carbonyl (C=O) groups is 1. The predicted molar refractivity (Wildman–Crippen MR) is 97.3 cm³/mol.